The van der Waals surface area contributed by atoms with Crippen molar-refractivity contribution in [2.45, 2.75) is 26.3 Å². The number of benzene rings is 1. The van der Waals surface area contributed by atoms with Crippen LogP contribution in [0.5, 0.6) is 0 Å². The maximum atomic E-state index is 9.04. The first-order chi connectivity index (χ1) is 8.61. The lowest BCUT2D eigenvalue weighted by Gasteiger charge is -2.19. The second-order valence-electron chi connectivity index (χ2n) is 4.72. The largest absolute Gasteiger partial charge is 0.423 e. The lowest BCUT2D eigenvalue weighted by molar-refractivity contribution is 0.266. The third-order valence-corrected chi connectivity index (χ3v) is 3.00. The molecule has 1 heterocycles. The average molecular weight is 249 g/mol. The van der Waals surface area contributed by atoms with Gasteiger partial charge in [0, 0.05) is 12.6 Å². The molecule has 0 bridgehead atoms. The van der Waals surface area contributed by atoms with Crippen LogP contribution >= 0.6 is 0 Å². The minimum Gasteiger partial charge on any atom is -0.423 e. The van der Waals surface area contributed by atoms with Crippen molar-refractivity contribution in [3.8, 4) is 0 Å². The molecule has 0 saturated carbocycles. The number of aromatic nitrogens is 1. The van der Waals surface area contributed by atoms with Crippen molar-refractivity contribution in [3.05, 3.63) is 18.2 Å². The van der Waals surface area contributed by atoms with Crippen LogP contribution in [0.25, 0.3) is 11.1 Å². The van der Waals surface area contributed by atoms with Crippen molar-refractivity contribution in [2.75, 3.05) is 17.7 Å². The van der Waals surface area contributed by atoms with Crippen LogP contribution in [0.3, 0.4) is 0 Å². The van der Waals surface area contributed by atoms with E-state index in [-0.39, 0.29) is 12.6 Å². The van der Waals surface area contributed by atoms with E-state index in [0.717, 1.165) is 0 Å². The molecule has 0 aliphatic carbocycles. The predicted octanol–water partition coefficient (Wildman–Crippen LogP) is 2.23. The van der Waals surface area contributed by atoms with E-state index in [0.29, 0.717) is 35.1 Å². The first kappa shape index (κ1) is 12.7. The molecule has 0 saturated heterocycles. The Morgan fingerprint density at radius 3 is 2.83 bits per heavy atom. The van der Waals surface area contributed by atoms with Gasteiger partial charge in [-0.15, -0.1) is 0 Å². The van der Waals surface area contributed by atoms with Gasteiger partial charge in [0.15, 0.2) is 5.58 Å². The molecule has 2 aromatic rings. The Morgan fingerprint density at radius 1 is 1.44 bits per heavy atom. The Kier molecular flexibility index (Phi) is 3.72. The fourth-order valence-electron chi connectivity index (χ4n) is 1.90. The minimum absolute atomic E-state index is 0.129. The van der Waals surface area contributed by atoms with Gasteiger partial charge in [0.05, 0.1) is 5.69 Å². The van der Waals surface area contributed by atoms with Crippen molar-refractivity contribution in [1.29, 1.82) is 0 Å². The van der Waals surface area contributed by atoms with Crippen LogP contribution in [-0.4, -0.2) is 22.7 Å². The first-order valence-corrected chi connectivity index (χ1v) is 6.14. The highest BCUT2D eigenvalue weighted by atomic mass is 16.4. The highest BCUT2D eigenvalue weighted by molar-refractivity contribution is 5.86. The zero-order valence-electron chi connectivity index (χ0n) is 10.7. The molecule has 98 valence electrons. The summed E-state index contributed by atoms with van der Waals surface area (Å²) in [5.74, 6) is 0.379. The fourth-order valence-corrected chi connectivity index (χ4v) is 1.90. The second-order valence-corrected chi connectivity index (χ2v) is 4.72. The molecular weight excluding hydrogens is 230 g/mol. The van der Waals surface area contributed by atoms with Gasteiger partial charge in [0.2, 0.25) is 0 Å². The lowest BCUT2D eigenvalue weighted by atomic mass is 10.0. The molecule has 0 fully saturated rings. The van der Waals surface area contributed by atoms with Gasteiger partial charge < -0.3 is 20.6 Å². The third-order valence-electron chi connectivity index (χ3n) is 3.00. The van der Waals surface area contributed by atoms with Gasteiger partial charge in [-0.25, -0.2) is 0 Å². The number of nitrogen functional groups attached to an aromatic ring is 1. The Morgan fingerprint density at radius 2 is 2.22 bits per heavy atom. The number of oxazole rings is 1. The number of rotatable bonds is 5. The normalized spacial score (nSPS) is 13.1. The van der Waals surface area contributed by atoms with Crippen LogP contribution < -0.4 is 11.1 Å². The molecule has 18 heavy (non-hydrogen) atoms. The van der Waals surface area contributed by atoms with Crippen molar-refractivity contribution >= 4 is 22.8 Å². The SMILES string of the molecule is CC(C)C(CCO)Nc1nc2c(N)cccc2o1. The predicted molar refractivity (Wildman–Crippen MR) is 72.4 cm³/mol. The number of anilines is 2. The Balaban J connectivity index is 2.23. The first-order valence-electron chi connectivity index (χ1n) is 6.14. The monoisotopic (exact) mass is 249 g/mol. The van der Waals surface area contributed by atoms with Crippen LogP contribution in [0, 0.1) is 5.92 Å². The number of hydrogen-bond acceptors (Lipinski definition) is 5. The number of hydrogen-bond donors (Lipinski definition) is 3. The van der Waals surface area contributed by atoms with E-state index in [9.17, 15) is 0 Å². The number of nitrogens with one attached hydrogen (secondary N) is 1. The van der Waals surface area contributed by atoms with Gasteiger partial charge in [-0.3, -0.25) is 0 Å². The molecule has 0 amide bonds. The number of nitrogens with two attached hydrogens (primary N) is 1. The highest BCUT2D eigenvalue weighted by Gasteiger charge is 2.16. The van der Waals surface area contributed by atoms with E-state index in [1.807, 2.05) is 12.1 Å². The molecule has 0 aliphatic rings. The number of fused-ring (bicyclic) bond motifs is 1. The van der Waals surface area contributed by atoms with Gasteiger partial charge in [-0.05, 0) is 24.5 Å². The van der Waals surface area contributed by atoms with Crippen molar-refractivity contribution < 1.29 is 9.52 Å². The fraction of sp³-hybridized carbons (Fsp3) is 0.462. The summed E-state index contributed by atoms with van der Waals surface area (Å²) in [6.07, 6.45) is 0.659. The Hall–Kier alpha value is -1.75. The smallest absolute Gasteiger partial charge is 0.295 e. The average Bonchev–Trinajstić information content (AvgIpc) is 2.72. The summed E-state index contributed by atoms with van der Waals surface area (Å²) in [6.45, 7) is 4.31. The molecule has 4 N–H and O–H groups in total. The highest BCUT2D eigenvalue weighted by Crippen LogP contribution is 2.25. The maximum absolute atomic E-state index is 9.04. The molecule has 5 nitrogen and oxygen atoms in total. The molecule has 1 aromatic heterocycles. The molecule has 1 atom stereocenters. The van der Waals surface area contributed by atoms with Crippen LogP contribution in [-0.2, 0) is 0 Å². The molecule has 0 spiro atoms. The minimum atomic E-state index is 0.129. The number of aliphatic hydroxyl groups is 1. The van der Waals surface area contributed by atoms with Gasteiger partial charge in [-0.1, -0.05) is 19.9 Å². The molecule has 1 unspecified atom stereocenters. The molecule has 5 heteroatoms. The quantitative estimate of drug-likeness (QED) is 0.708. The summed E-state index contributed by atoms with van der Waals surface area (Å²) in [5.41, 5.74) is 7.78. The van der Waals surface area contributed by atoms with Crippen LogP contribution in [0.4, 0.5) is 11.7 Å². The van der Waals surface area contributed by atoms with Crippen LogP contribution in [0.15, 0.2) is 22.6 Å². The van der Waals surface area contributed by atoms with Crippen molar-refractivity contribution in [3.63, 3.8) is 0 Å². The second kappa shape index (κ2) is 5.27. The summed E-state index contributed by atoms with van der Waals surface area (Å²) in [4.78, 5) is 4.33. The summed E-state index contributed by atoms with van der Waals surface area (Å²) in [7, 11) is 0. The topological polar surface area (TPSA) is 84.3 Å². The zero-order valence-corrected chi connectivity index (χ0v) is 10.7. The standard InChI is InChI=1S/C13H19N3O2/c1-8(2)10(6-7-17)15-13-16-12-9(14)4-3-5-11(12)18-13/h3-5,8,10,17H,6-7,14H2,1-2H3,(H,15,16). The molecule has 1 aromatic carbocycles. The van der Waals surface area contributed by atoms with E-state index in [1.165, 1.54) is 0 Å². The van der Waals surface area contributed by atoms with Crippen molar-refractivity contribution in [2.24, 2.45) is 5.92 Å². The number of para-hydroxylation sites is 1. The summed E-state index contributed by atoms with van der Waals surface area (Å²) >= 11 is 0. The zero-order chi connectivity index (χ0) is 13.1. The Bertz CT molecular complexity index is 522. The molecular formula is C13H19N3O2. The van der Waals surface area contributed by atoms with E-state index in [2.05, 4.69) is 24.1 Å². The van der Waals surface area contributed by atoms with E-state index < -0.39 is 0 Å². The van der Waals surface area contributed by atoms with Crippen molar-refractivity contribution in [1.82, 2.24) is 4.98 Å². The number of nitrogens with zero attached hydrogens (tertiary/aromatic N) is 1. The Labute approximate surface area is 106 Å². The summed E-state index contributed by atoms with van der Waals surface area (Å²) in [5, 5.41) is 12.2. The van der Waals surface area contributed by atoms with Gasteiger partial charge >= 0.3 is 0 Å². The maximum Gasteiger partial charge on any atom is 0.295 e. The van der Waals surface area contributed by atoms with E-state index in [4.69, 9.17) is 15.3 Å². The van der Waals surface area contributed by atoms with Gasteiger partial charge in [-0.2, -0.15) is 4.98 Å². The summed E-state index contributed by atoms with van der Waals surface area (Å²) < 4.78 is 5.59. The summed E-state index contributed by atoms with van der Waals surface area (Å²) in [6, 6.07) is 6.04. The van der Waals surface area contributed by atoms with Crippen LogP contribution in [0.1, 0.15) is 20.3 Å². The molecule has 0 aliphatic heterocycles. The van der Waals surface area contributed by atoms with E-state index >= 15 is 0 Å². The molecule has 0 radical (unpaired) electrons. The number of aliphatic hydroxyl groups excluding tert-OH is 1. The third kappa shape index (κ3) is 2.56. The van der Waals surface area contributed by atoms with Gasteiger partial charge in [0.1, 0.15) is 5.52 Å². The lowest BCUT2D eigenvalue weighted by Crippen LogP contribution is -2.26. The van der Waals surface area contributed by atoms with E-state index in [1.54, 1.807) is 6.07 Å². The van der Waals surface area contributed by atoms with Crippen LogP contribution in [0.2, 0.25) is 0 Å². The van der Waals surface area contributed by atoms with Gasteiger partial charge in [0.25, 0.3) is 6.01 Å². The molecule has 2 rings (SSSR count).